The van der Waals surface area contributed by atoms with Crippen LogP contribution in [0.25, 0.3) is 0 Å². The van der Waals surface area contributed by atoms with Gasteiger partial charge in [-0.2, -0.15) is 0 Å². The van der Waals surface area contributed by atoms with Crippen LogP contribution in [0.15, 0.2) is 18.2 Å². The van der Waals surface area contributed by atoms with Crippen molar-refractivity contribution in [3.05, 3.63) is 29.6 Å². The molecule has 0 bridgehead atoms. The van der Waals surface area contributed by atoms with E-state index in [1.165, 1.54) is 12.1 Å². The second-order valence-electron chi connectivity index (χ2n) is 2.13. The van der Waals surface area contributed by atoms with E-state index in [0.717, 1.165) is 13.2 Å². The zero-order chi connectivity index (χ0) is 9.14. The number of phenolic OH excluding ortho intramolecular Hbond substituents is 1. The number of hydrogen-bond acceptors (Lipinski definition) is 3. The molecule has 0 amide bonds. The third-order valence-electron chi connectivity index (χ3n) is 1.38. The Hall–Kier alpha value is -1.58. The highest BCUT2D eigenvalue weighted by atomic mass is 19.1. The molecule has 1 N–H and O–H groups in total. The normalized spacial score (nSPS) is 9.50. The number of benzene rings is 1. The zero-order valence-electron chi connectivity index (χ0n) is 6.37. The highest BCUT2D eigenvalue weighted by Crippen LogP contribution is 2.18. The molecule has 0 unspecified atom stereocenters. The van der Waals surface area contributed by atoms with E-state index in [1.54, 1.807) is 0 Å². The van der Waals surface area contributed by atoms with Crippen molar-refractivity contribution in [1.82, 2.24) is 0 Å². The predicted octanol–water partition coefficient (Wildman–Crippen LogP) is 1.32. The lowest BCUT2D eigenvalue weighted by Crippen LogP contribution is -2.03. The molecule has 3 nitrogen and oxygen atoms in total. The lowest BCUT2D eigenvalue weighted by molar-refractivity contribution is 0.0594. The SMILES string of the molecule is COC(=O)c1cccc(O)c1F. The fourth-order valence-electron chi connectivity index (χ4n) is 0.787. The van der Waals surface area contributed by atoms with Crippen molar-refractivity contribution in [1.29, 1.82) is 0 Å². The summed E-state index contributed by atoms with van der Waals surface area (Å²) in [6.07, 6.45) is 0. The predicted molar refractivity (Wildman–Crippen MR) is 39.4 cm³/mol. The van der Waals surface area contributed by atoms with E-state index in [9.17, 15) is 9.18 Å². The van der Waals surface area contributed by atoms with Gasteiger partial charge in [-0.05, 0) is 12.1 Å². The van der Waals surface area contributed by atoms with Crippen LogP contribution < -0.4 is 0 Å². The van der Waals surface area contributed by atoms with Gasteiger partial charge in [0.1, 0.15) is 0 Å². The number of carbonyl (C=O) groups excluding carboxylic acids is 1. The van der Waals surface area contributed by atoms with Crippen LogP contribution in [-0.2, 0) is 4.74 Å². The number of hydrogen-bond donors (Lipinski definition) is 1. The van der Waals surface area contributed by atoms with Gasteiger partial charge in [0.25, 0.3) is 0 Å². The van der Waals surface area contributed by atoms with E-state index in [0.29, 0.717) is 0 Å². The van der Waals surface area contributed by atoms with Gasteiger partial charge in [0.15, 0.2) is 11.6 Å². The van der Waals surface area contributed by atoms with Gasteiger partial charge in [-0.3, -0.25) is 0 Å². The highest BCUT2D eigenvalue weighted by molar-refractivity contribution is 5.90. The minimum absolute atomic E-state index is 0.266. The van der Waals surface area contributed by atoms with Crippen molar-refractivity contribution >= 4 is 5.97 Å². The number of halogens is 1. The van der Waals surface area contributed by atoms with Gasteiger partial charge >= 0.3 is 5.97 Å². The third kappa shape index (κ3) is 1.37. The van der Waals surface area contributed by atoms with Crippen LogP contribution in [-0.4, -0.2) is 18.2 Å². The Kier molecular flexibility index (Phi) is 2.28. The molecule has 1 aromatic carbocycles. The molecule has 4 heteroatoms. The first-order valence-corrected chi connectivity index (χ1v) is 3.22. The van der Waals surface area contributed by atoms with Crippen LogP contribution in [0.2, 0.25) is 0 Å². The molecule has 64 valence electrons. The van der Waals surface area contributed by atoms with Gasteiger partial charge in [0.05, 0.1) is 12.7 Å². The fraction of sp³-hybridized carbons (Fsp3) is 0.125. The van der Waals surface area contributed by atoms with Gasteiger partial charge in [-0.15, -0.1) is 0 Å². The molecule has 0 saturated heterocycles. The minimum atomic E-state index is -0.954. The monoisotopic (exact) mass is 170 g/mol. The van der Waals surface area contributed by atoms with E-state index >= 15 is 0 Å². The number of esters is 1. The maximum absolute atomic E-state index is 12.9. The van der Waals surface area contributed by atoms with E-state index in [-0.39, 0.29) is 5.56 Å². The maximum atomic E-state index is 12.9. The summed E-state index contributed by atoms with van der Waals surface area (Å²) in [5.41, 5.74) is -0.266. The second kappa shape index (κ2) is 3.21. The topological polar surface area (TPSA) is 46.5 Å². The smallest absolute Gasteiger partial charge is 0.340 e. The molecule has 0 heterocycles. The number of carbonyl (C=O) groups is 1. The van der Waals surface area contributed by atoms with Gasteiger partial charge in [0, 0.05) is 0 Å². The van der Waals surface area contributed by atoms with Crippen molar-refractivity contribution < 1.29 is 19.0 Å². The molecule has 0 atom stereocenters. The molecule has 0 aromatic heterocycles. The molecule has 1 aromatic rings. The first kappa shape index (κ1) is 8.52. The van der Waals surface area contributed by atoms with E-state index in [2.05, 4.69) is 4.74 Å². The summed E-state index contributed by atoms with van der Waals surface area (Å²) in [5, 5.41) is 8.86. The average molecular weight is 170 g/mol. The van der Waals surface area contributed by atoms with E-state index in [1.807, 2.05) is 0 Å². The first-order chi connectivity index (χ1) is 5.66. The number of methoxy groups -OCH3 is 1. The Bertz CT molecular complexity index is 309. The van der Waals surface area contributed by atoms with E-state index in [4.69, 9.17) is 5.11 Å². The summed E-state index contributed by atoms with van der Waals surface area (Å²) in [6, 6.07) is 3.76. The van der Waals surface area contributed by atoms with Crippen LogP contribution in [0.5, 0.6) is 5.75 Å². The van der Waals surface area contributed by atoms with Crippen LogP contribution >= 0.6 is 0 Å². The van der Waals surface area contributed by atoms with Gasteiger partial charge in [-0.25, -0.2) is 9.18 Å². The number of rotatable bonds is 1. The van der Waals surface area contributed by atoms with Crippen LogP contribution in [0.1, 0.15) is 10.4 Å². The van der Waals surface area contributed by atoms with Crippen molar-refractivity contribution in [2.75, 3.05) is 7.11 Å². The molecular formula is C8H7FO3. The summed E-state index contributed by atoms with van der Waals surface area (Å²) in [6.45, 7) is 0. The number of aromatic hydroxyl groups is 1. The molecule has 12 heavy (non-hydrogen) atoms. The second-order valence-corrected chi connectivity index (χ2v) is 2.13. The standard InChI is InChI=1S/C8H7FO3/c1-12-8(11)5-3-2-4-6(10)7(5)9/h2-4,10H,1H3. The van der Waals surface area contributed by atoms with Gasteiger partial charge in [0.2, 0.25) is 0 Å². The summed E-state index contributed by atoms with van der Waals surface area (Å²) in [7, 11) is 1.14. The zero-order valence-corrected chi connectivity index (χ0v) is 6.37. The summed E-state index contributed by atoms with van der Waals surface area (Å²) in [5.74, 6) is -2.31. The van der Waals surface area contributed by atoms with Gasteiger partial charge < -0.3 is 9.84 Å². The third-order valence-corrected chi connectivity index (χ3v) is 1.38. The molecule has 0 fully saturated rings. The van der Waals surface area contributed by atoms with Crippen LogP contribution in [0.3, 0.4) is 0 Å². The maximum Gasteiger partial charge on any atom is 0.340 e. The van der Waals surface area contributed by atoms with Crippen LogP contribution in [0.4, 0.5) is 4.39 Å². The molecule has 0 aliphatic carbocycles. The van der Waals surface area contributed by atoms with Crippen molar-refractivity contribution in [2.24, 2.45) is 0 Å². The quantitative estimate of drug-likeness (QED) is 0.646. The largest absolute Gasteiger partial charge is 0.505 e. The fourth-order valence-corrected chi connectivity index (χ4v) is 0.787. The van der Waals surface area contributed by atoms with Crippen molar-refractivity contribution in [2.45, 2.75) is 0 Å². The lowest BCUT2D eigenvalue weighted by atomic mass is 10.2. The van der Waals surface area contributed by atoms with Crippen molar-refractivity contribution in [3.63, 3.8) is 0 Å². The number of ether oxygens (including phenoxy) is 1. The Morgan fingerprint density at radius 1 is 1.58 bits per heavy atom. The Labute approximate surface area is 68.4 Å². The van der Waals surface area contributed by atoms with Crippen molar-refractivity contribution in [3.8, 4) is 5.75 Å². The molecular weight excluding hydrogens is 163 g/mol. The highest BCUT2D eigenvalue weighted by Gasteiger charge is 2.13. The molecule has 0 radical (unpaired) electrons. The Morgan fingerprint density at radius 2 is 2.25 bits per heavy atom. The Morgan fingerprint density at radius 3 is 2.83 bits per heavy atom. The lowest BCUT2D eigenvalue weighted by Gasteiger charge is -2.01. The molecule has 0 saturated carbocycles. The van der Waals surface area contributed by atoms with E-state index < -0.39 is 17.5 Å². The summed E-state index contributed by atoms with van der Waals surface area (Å²) >= 11 is 0. The number of phenols is 1. The molecule has 0 aliphatic rings. The molecule has 0 aliphatic heterocycles. The van der Waals surface area contributed by atoms with Gasteiger partial charge in [-0.1, -0.05) is 6.07 Å². The molecule has 0 spiro atoms. The average Bonchev–Trinajstić information content (AvgIpc) is 2.08. The minimum Gasteiger partial charge on any atom is -0.505 e. The van der Waals surface area contributed by atoms with Crippen LogP contribution in [0, 0.1) is 5.82 Å². The summed E-state index contributed by atoms with van der Waals surface area (Å²) < 4.78 is 17.2. The molecule has 1 rings (SSSR count). The summed E-state index contributed by atoms with van der Waals surface area (Å²) in [4.78, 5) is 10.8. The first-order valence-electron chi connectivity index (χ1n) is 3.22. The Balaban J connectivity index is 3.16.